The molecule has 19 heavy (non-hydrogen) atoms. The van der Waals surface area contributed by atoms with Crippen LogP contribution in [0.25, 0.3) is 0 Å². The number of ether oxygens (including phenoxy) is 1. The molecule has 0 aromatic heterocycles. The summed E-state index contributed by atoms with van der Waals surface area (Å²) in [5, 5.41) is 8.85. The number of carboxylic acid groups (broad SMARTS) is 1. The van der Waals surface area contributed by atoms with Crippen molar-refractivity contribution in [3.63, 3.8) is 0 Å². The number of carboxylic acids is 1. The highest BCUT2D eigenvalue weighted by Gasteiger charge is 2.20. The maximum atomic E-state index is 12.1. The van der Waals surface area contributed by atoms with E-state index in [4.69, 9.17) is 9.84 Å². The Morgan fingerprint density at radius 1 is 1.42 bits per heavy atom. The molecule has 7 heteroatoms. The van der Waals surface area contributed by atoms with Crippen LogP contribution in [0.3, 0.4) is 0 Å². The summed E-state index contributed by atoms with van der Waals surface area (Å²) in [7, 11) is -2.41. The average Bonchev–Trinajstić information content (AvgIpc) is 2.35. The minimum atomic E-state index is -3.71. The van der Waals surface area contributed by atoms with Crippen LogP contribution in [-0.4, -0.2) is 33.1 Å². The van der Waals surface area contributed by atoms with Gasteiger partial charge in [0.25, 0.3) is 0 Å². The van der Waals surface area contributed by atoms with Crippen LogP contribution < -0.4 is 9.46 Å². The number of hydrogen-bond donors (Lipinski definition) is 2. The lowest BCUT2D eigenvalue weighted by molar-refractivity contribution is 0.0696. The highest BCUT2D eigenvalue weighted by molar-refractivity contribution is 7.89. The zero-order chi connectivity index (χ0) is 14.6. The Bertz CT molecular complexity index is 565. The fraction of sp³-hybridized carbons (Fsp3) is 0.417. The third-order valence-electron chi connectivity index (χ3n) is 2.38. The van der Waals surface area contributed by atoms with Gasteiger partial charge in [-0.05, 0) is 24.1 Å². The molecule has 0 amide bonds. The summed E-state index contributed by atoms with van der Waals surface area (Å²) in [5.74, 6) is -0.965. The molecule has 0 aliphatic heterocycles. The van der Waals surface area contributed by atoms with Crippen molar-refractivity contribution in [2.45, 2.75) is 18.7 Å². The third kappa shape index (κ3) is 3.93. The molecule has 1 rings (SSSR count). The Hall–Kier alpha value is -1.60. The van der Waals surface area contributed by atoms with E-state index in [2.05, 4.69) is 4.72 Å². The molecule has 1 aromatic rings. The van der Waals surface area contributed by atoms with Crippen LogP contribution in [-0.2, 0) is 10.0 Å². The summed E-state index contributed by atoms with van der Waals surface area (Å²) in [4.78, 5) is 10.8. The van der Waals surface area contributed by atoms with Gasteiger partial charge in [-0.1, -0.05) is 13.8 Å². The van der Waals surface area contributed by atoms with Crippen molar-refractivity contribution in [1.29, 1.82) is 0 Å². The maximum Gasteiger partial charge on any atom is 0.335 e. The Balaban J connectivity index is 3.16. The van der Waals surface area contributed by atoms with E-state index in [9.17, 15) is 13.2 Å². The lowest BCUT2D eigenvalue weighted by Crippen LogP contribution is -2.28. The van der Waals surface area contributed by atoms with Gasteiger partial charge in [0.1, 0.15) is 10.6 Å². The largest absolute Gasteiger partial charge is 0.495 e. The normalized spacial score (nSPS) is 11.6. The van der Waals surface area contributed by atoms with Crippen molar-refractivity contribution in [3.8, 4) is 5.75 Å². The van der Waals surface area contributed by atoms with Crippen LogP contribution in [0.15, 0.2) is 23.1 Å². The van der Waals surface area contributed by atoms with Crippen LogP contribution in [0, 0.1) is 5.92 Å². The molecule has 0 radical (unpaired) electrons. The highest BCUT2D eigenvalue weighted by atomic mass is 32.2. The van der Waals surface area contributed by atoms with E-state index in [1.54, 1.807) is 0 Å². The van der Waals surface area contributed by atoms with E-state index in [0.717, 1.165) is 0 Å². The van der Waals surface area contributed by atoms with E-state index in [1.807, 2.05) is 13.8 Å². The SMILES string of the molecule is COc1cc(C(=O)O)ccc1S(=O)(=O)NCC(C)C. The lowest BCUT2D eigenvalue weighted by atomic mass is 10.2. The first-order chi connectivity index (χ1) is 8.77. The minimum Gasteiger partial charge on any atom is -0.495 e. The number of sulfonamides is 1. The van der Waals surface area contributed by atoms with Crippen LogP contribution in [0.5, 0.6) is 5.75 Å². The number of benzene rings is 1. The molecule has 2 N–H and O–H groups in total. The number of aromatic carboxylic acids is 1. The molecule has 0 saturated heterocycles. The smallest absolute Gasteiger partial charge is 0.335 e. The van der Waals surface area contributed by atoms with Gasteiger partial charge in [-0.25, -0.2) is 17.9 Å². The highest BCUT2D eigenvalue weighted by Crippen LogP contribution is 2.25. The van der Waals surface area contributed by atoms with Crippen LogP contribution in [0.4, 0.5) is 0 Å². The zero-order valence-electron chi connectivity index (χ0n) is 11.0. The van der Waals surface area contributed by atoms with Gasteiger partial charge in [0, 0.05) is 6.54 Å². The van der Waals surface area contributed by atoms with Crippen molar-refractivity contribution < 1.29 is 23.1 Å². The number of methoxy groups -OCH3 is 1. The molecule has 0 atom stereocenters. The van der Waals surface area contributed by atoms with Gasteiger partial charge in [-0.2, -0.15) is 0 Å². The van der Waals surface area contributed by atoms with Crippen molar-refractivity contribution >= 4 is 16.0 Å². The van der Waals surface area contributed by atoms with Crippen molar-refractivity contribution in [2.24, 2.45) is 5.92 Å². The van der Waals surface area contributed by atoms with E-state index in [1.165, 1.54) is 25.3 Å². The van der Waals surface area contributed by atoms with Gasteiger partial charge in [-0.15, -0.1) is 0 Å². The summed E-state index contributed by atoms with van der Waals surface area (Å²) in [6.07, 6.45) is 0. The summed E-state index contributed by atoms with van der Waals surface area (Å²) in [6, 6.07) is 3.64. The molecular weight excluding hydrogens is 270 g/mol. The molecule has 0 saturated carbocycles. The zero-order valence-corrected chi connectivity index (χ0v) is 11.8. The van der Waals surface area contributed by atoms with Crippen LogP contribution >= 0.6 is 0 Å². The first-order valence-electron chi connectivity index (χ1n) is 5.69. The second-order valence-electron chi connectivity index (χ2n) is 4.42. The van der Waals surface area contributed by atoms with Crippen molar-refractivity contribution in [1.82, 2.24) is 4.72 Å². The summed E-state index contributed by atoms with van der Waals surface area (Å²) >= 11 is 0. The summed E-state index contributed by atoms with van der Waals surface area (Å²) in [5.41, 5.74) is -0.0281. The molecule has 0 bridgehead atoms. The van der Waals surface area contributed by atoms with Gasteiger partial charge in [0.05, 0.1) is 12.7 Å². The Morgan fingerprint density at radius 3 is 2.53 bits per heavy atom. The molecule has 0 fully saturated rings. The second kappa shape index (κ2) is 6.03. The standard InChI is InChI=1S/C12H17NO5S/c1-8(2)7-13-19(16,17)11-5-4-9(12(14)15)6-10(11)18-3/h4-6,8,13H,7H2,1-3H3,(H,14,15). The quantitative estimate of drug-likeness (QED) is 0.823. The van der Waals surface area contributed by atoms with E-state index in [0.29, 0.717) is 6.54 Å². The fourth-order valence-electron chi connectivity index (χ4n) is 1.38. The van der Waals surface area contributed by atoms with Gasteiger partial charge >= 0.3 is 5.97 Å². The third-order valence-corrected chi connectivity index (χ3v) is 3.84. The van der Waals surface area contributed by atoms with Crippen LogP contribution in [0.2, 0.25) is 0 Å². The number of hydrogen-bond acceptors (Lipinski definition) is 4. The van der Waals surface area contributed by atoms with Gasteiger partial charge in [0.2, 0.25) is 10.0 Å². The van der Waals surface area contributed by atoms with E-state index >= 15 is 0 Å². The molecule has 0 aliphatic carbocycles. The molecule has 0 unspecified atom stereocenters. The Kier molecular flexibility index (Phi) is 4.90. The molecular formula is C12H17NO5S. The molecule has 6 nitrogen and oxygen atoms in total. The van der Waals surface area contributed by atoms with Gasteiger partial charge < -0.3 is 9.84 Å². The minimum absolute atomic E-state index is 0.0103. The molecule has 0 aliphatic rings. The first-order valence-corrected chi connectivity index (χ1v) is 7.17. The van der Waals surface area contributed by atoms with Crippen molar-refractivity contribution in [2.75, 3.05) is 13.7 Å². The van der Waals surface area contributed by atoms with Gasteiger partial charge in [0.15, 0.2) is 0 Å². The van der Waals surface area contributed by atoms with E-state index < -0.39 is 16.0 Å². The summed E-state index contributed by atoms with van der Waals surface area (Å²) in [6.45, 7) is 4.06. The van der Waals surface area contributed by atoms with Crippen LogP contribution in [0.1, 0.15) is 24.2 Å². The predicted molar refractivity (Wildman–Crippen MR) is 70.0 cm³/mol. The first kappa shape index (κ1) is 15.5. The number of nitrogens with one attached hydrogen (secondary N) is 1. The van der Waals surface area contributed by atoms with Crippen molar-refractivity contribution in [3.05, 3.63) is 23.8 Å². The molecule has 0 heterocycles. The lowest BCUT2D eigenvalue weighted by Gasteiger charge is -2.12. The van der Waals surface area contributed by atoms with Gasteiger partial charge in [-0.3, -0.25) is 0 Å². The van der Waals surface area contributed by atoms with E-state index in [-0.39, 0.29) is 22.1 Å². The second-order valence-corrected chi connectivity index (χ2v) is 6.15. The molecule has 1 aromatic carbocycles. The number of rotatable bonds is 6. The summed E-state index contributed by atoms with van der Waals surface area (Å²) < 4.78 is 31.5. The average molecular weight is 287 g/mol. The predicted octanol–water partition coefficient (Wildman–Crippen LogP) is 1.33. The Morgan fingerprint density at radius 2 is 2.05 bits per heavy atom. The molecule has 0 spiro atoms. The topological polar surface area (TPSA) is 92.7 Å². The fourth-order valence-corrected chi connectivity index (χ4v) is 2.74. The molecule has 106 valence electrons. The monoisotopic (exact) mass is 287 g/mol. The Labute approximate surface area is 112 Å². The number of carbonyl (C=O) groups is 1. The maximum absolute atomic E-state index is 12.1.